The number of nitrogens with one attached hydrogen (secondary N) is 1. The van der Waals surface area contributed by atoms with Crippen LogP contribution in [0.4, 0.5) is 0 Å². The number of amides is 1. The van der Waals surface area contributed by atoms with Crippen LogP contribution >= 0.6 is 23.2 Å². The Balaban J connectivity index is 1.64. The Hall–Kier alpha value is -1.86. The van der Waals surface area contributed by atoms with E-state index >= 15 is 0 Å². The van der Waals surface area contributed by atoms with Gasteiger partial charge in [-0.25, -0.2) is 13.1 Å². The molecule has 5 rings (SSSR count). The number of rotatable bonds is 11. The van der Waals surface area contributed by atoms with Crippen molar-refractivity contribution >= 4 is 39.1 Å². The molecule has 1 amide bonds. The minimum absolute atomic E-state index is 0.0336. The summed E-state index contributed by atoms with van der Waals surface area (Å²) in [4.78, 5) is 16.7. The fraction of sp³-hybridized carbons (Fsp3) is 0.500. The van der Waals surface area contributed by atoms with Crippen LogP contribution in [-0.2, 0) is 14.8 Å². The highest BCUT2D eigenvalue weighted by atomic mass is 35.5. The van der Waals surface area contributed by atoms with E-state index in [2.05, 4.69) is 24.3 Å². The van der Waals surface area contributed by atoms with E-state index in [4.69, 9.17) is 23.2 Å². The first-order valence-corrected chi connectivity index (χ1v) is 15.9. The molecule has 4 atom stereocenters. The summed E-state index contributed by atoms with van der Waals surface area (Å²) in [5, 5.41) is 0.982. The van der Waals surface area contributed by atoms with E-state index in [9.17, 15) is 13.2 Å². The lowest BCUT2D eigenvalue weighted by Crippen LogP contribution is -2.59. The molecule has 3 aliphatic rings. The van der Waals surface area contributed by atoms with Crippen molar-refractivity contribution in [2.24, 2.45) is 11.3 Å². The number of halogens is 2. The van der Waals surface area contributed by atoms with Crippen LogP contribution in [0.2, 0.25) is 10.0 Å². The molecule has 8 heteroatoms. The Kier molecular flexibility index (Phi) is 7.99. The smallest absolute Gasteiger partial charge is 0.229 e. The Morgan fingerprint density at radius 3 is 2.37 bits per heavy atom. The van der Waals surface area contributed by atoms with E-state index < -0.39 is 15.4 Å². The van der Waals surface area contributed by atoms with Gasteiger partial charge in [0, 0.05) is 28.5 Å². The second kappa shape index (κ2) is 11.0. The number of piperidine rings is 1. The number of sulfonamides is 1. The molecule has 38 heavy (non-hydrogen) atoms. The summed E-state index contributed by atoms with van der Waals surface area (Å²) in [6.45, 7) is 6.30. The zero-order chi connectivity index (χ0) is 27.1. The zero-order valence-electron chi connectivity index (χ0n) is 21.8. The minimum atomic E-state index is -3.39. The van der Waals surface area contributed by atoms with Crippen molar-refractivity contribution < 1.29 is 13.2 Å². The lowest BCUT2D eigenvalue weighted by Gasteiger charge is -2.53. The monoisotopic (exact) mass is 574 g/mol. The molecule has 204 valence electrons. The highest BCUT2D eigenvalue weighted by Crippen LogP contribution is 2.55. The Morgan fingerprint density at radius 2 is 1.79 bits per heavy atom. The van der Waals surface area contributed by atoms with Crippen molar-refractivity contribution in [2.75, 3.05) is 6.54 Å². The molecule has 1 heterocycles. The summed E-state index contributed by atoms with van der Waals surface area (Å²) < 4.78 is 28.6. The van der Waals surface area contributed by atoms with Gasteiger partial charge >= 0.3 is 0 Å². The van der Waals surface area contributed by atoms with Crippen LogP contribution in [-0.4, -0.2) is 37.1 Å². The van der Waals surface area contributed by atoms with E-state index in [1.165, 1.54) is 0 Å². The molecule has 3 fully saturated rings. The molecule has 0 spiro atoms. The third kappa shape index (κ3) is 5.56. The Morgan fingerprint density at radius 1 is 1.08 bits per heavy atom. The van der Waals surface area contributed by atoms with Crippen LogP contribution in [0.25, 0.3) is 0 Å². The average molecular weight is 576 g/mol. The first-order chi connectivity index (χ1) is 18.2. The molecule has 1 unspecified atom stereocenters. The molecule has 1 aliphatic heterocycles. The number of likely N-dealkylation sites (tertiary alicyclic amines) is 1. The lowest BCUT2D eigenvalue weighted by atomic mass is 9.65. The van der Waals surface area contributed by atoms with Crippen molar-refractivity contribution in [3.05, 3.63) is 82.4 Å². The number of nitrogens with zero attached hydrogens (tertiary/aromatic N) is 1. The van der Waals surface area contributed by atoms with Crippen molar-refractivity contribution in [1.29, 1.82) is 0 Å². The summed E-state index contributed by atoms with van der Waals surface area (Å²) in [5.74, 6) is 0.307. The average Bonchev–Trinajstić information content (AvgIpc) is 3.80. The van der Waals surface area contributed by atoms with Crippen LogP contribution in [0, 0.1) is 11.3 Å². The number of hydrogen-bond acceptors (Lipinski definition) is 3. The number of allylic oxidation sites excluding steroid dienone is 1. The molecule has 0 radical (unpaired) electrons. The summed E-state index contributed by atoms with van der Waals surface area (Å²) in [6, 6.07) is 15.1. The van der Waals surface area contributed by atoms with Gasteiger partial charge in [0.15, 0.2) is 0 Å². The van der Waals surface area contributed by atoms with Gasteiger partial charge in [-0.3, -0.25) is 4.79 Å². The molecule has 5 nitrogen and oxygen atoms in total. The molecular weight excluding hydrogens is 539 g/mol. The zero-order valence-corrected chi connectivity index (χ0v) is 24.1. The van der Waals surface area contributed by atoms with E-state index in [0.29, 0.717) is 42.1 Å². The van der Waals surface area contributed by atoms with Gasteiger partial charge in [-0.05, 0) is 86.3 Å². The summed E-state index contributed by atoms with van der Waals surface area (Å²) in [6.07, 6.45) is 7.11. The van der Waals surface area contributed by atoms with Crippen molar-refractivity contribution in [2.45, 2.75) is 75.1 Å². The van der Waals surface area contributed by atoms with Crippen molar-refractivity contribution in [3.8, 4) is 0 Å². The van der Waals surface area contributed by atoms with Gasteiger partial charge in [-0.1, -0.05) is 60.5 Å². The highest BCUT2D eigenvalue weighted by Gasteiger charge is 2.54. The topological polar surface area (TPSA) is 66.5 Å². The van der Waals surface area contributed by atoms with Crippen LogP contribution < -0.4 is 4.72 Å². The predicted octanol–water partition coefficient (Wildman–Crippen LogP) is 6.88. The SMILES string of the molecule is C=CC[C@@]1(CC)CC(c2cccc(Cl)c2)[C@@H](c2ccc(Cl)cc2)N([C@H](CNS(=O)(=O)C2CC2)C2CC2)C1=O. The molecular formula is C30H36Cl2N2O3S. The predicted molar refractivity (Wildman–Crippen MR) is 154 cm³/mol. The third-order valence-electron chi connectivity index (χ3n) is 8.66. The molecule has 2 aliphatic carbocycles. The first kappa shape index (κ1) is 27.7. The van der Waals surface area contributed by atoms with Gasteiger partial charge in [-0.2, -0.15) is 0 Å². The summed E-state index contributed by atoms with van der Waals surface area (Å²) >= 11 is 12.7. The van der Waals surface area contributed by atoms with Crippen LogP contribution in [0.15, 0.2) is 61.2 Å². The third-order valence-corrected chi connectivity index (χ3v) is 11.1. The van der Waals surface area contributed by atoms with Gasteiger partial charge in [0.2, 0.25) is 15.9 Å². The largest absolute Gasteiger partial charge is 0.330 e. The van der Waals surface area contributed by atoms with Crippen LogP contribution in [0.5, 0.6) is 0 Å². The maximum absolute atomic E-state index is 14.7. The summed E-state index contributed by atoms with van der Waals surface area (Å²) in [5.41, 5.74) is 1.44. The first-order valence-electron chi connectivity index (χ1n) is 13.6. The second-order valence-electron chi connectivity index (χ2n) is 11.2. The van der Waals surface area contributed by atoms with Gasteiger partial charge in [0.05, 0.1) is 16.7 Å². The molecule has 1 N–H and O–H groups in total. The quantitative estimate of drug-likeness (QED) is 0.297. The maximum Gasteiger partial charge on any atom is 0.229 e. The van der Waals surface area contributed by atoms with E-state index in [1.54, 1.807) is 0 Å². The van der Waals surface area contributed by atoms with Crippen LogP contribution in [0.3, 0.4) is 0 Å². The molecule has 2 saturated carbocycles. The standard InChI is InChI=1S/C30H36Cl2N2O3S/c1-3-16-30(4-2)18-26(22-6-5-7-24(32)17-22)28(21-10-12-23(31)13-11-21)34(29(30)35)27(20-8-9-20)19-33-38(36,37)25-14-15-25/h3,5-7,10-13,17,20,25-28,33H,1,4,8-9,14-16,18-19H2,2H3/t26?,27-,28-,30+/m1/s1. The van der Waals surface area contributed by atoms with Gasteiger partial charge < -0.3 is 4.90 Å². The Bertz CT molecular complexity index is 1290. The Labute approximate surface area is 236 Å². The molecule has 0 bridgehead atoms. The van der Waals surface area contributed by atoms with E-state index in [0.717, 1.165) is 24.0 Å². The number of benzene rings is 2. The second-order valence-corrected chi connectivity index (χ2v) is 14.1. The van der Waals surface area contributed by atoms with Crippen molar-refractivity contribution in [1.82, 2.24) is 9.62 Å². The number of carbonyl (C=O) groups is 1. The van der Waals surface area contributed by atoms with E-state index in [1.807, 2.05) is 53.4 Å². The molecule has 0 aromatic heterocycles. The fourth-order valence-corrected chi connectivity index (χ4v) is 7.94. The van der Waals surface area contributed by atoms with E-state index in [-0.39, 0.29) is 41.6 Å². The van der Waals surface area contributed by atoms with Crippen molar-refractivity contribution in [3.63, 3.8) is 0 Å². The number of hydrogen-bond donors (Lipinski definition) is 1. The normalized spacial score (nSPS) is 26.8. The maximum atomic E-state index is 14.7. The lowest BCUT2D eigenvalue weighted by molar-refractivity contribution is -0.156. The number of carbonyl (C=O) groups excluding carboxylic acids is 1. The van der Waals surface area contributed by atoms with Gasteiger partial charge in [0.1, 0.15) is 0 Å². The van der Waals surface area contributed by atoms with Crippen LogP contribution in [0.1, 0.15) is 75.0 Å². The van der Waals surface area contributed by atoms with Gasteiger partial charge in [0.25, 0.3) is 0 Å². The molecule has 2 aromatic carbocycles. The molecule has 1 saturated heterocycles. The van der Waals surface area contributed by atoms with Gasteiger partial charge in [-0.15, -0.1) is 6.58 Å². The summed E-state index contributed by atoms with van der Waals surface area (Å²) in [7, 11) is -3.39. The minimum Gasteiger partial charge on any atom is -0.330 e. The fourth-order valence-electron chi connectivity index (χ4n) is 6.22. The highest BCUT2D eigenvalue weighted by molar-refractivity contribution is 7.90. The molecule has 2 aromatic rings.